The van der Waals surface area contributed by atoms with E-state index in [1.165, 1.54) is 0 Å². The lowest BCUT2D eigenvalue weighted by molar-refractivity contribution is -0.115. The Bertz CT molecular complexity index is 1270. The summed E-state index contributed by atoms with van der Waals surface area (Å²) in [5.41, 5.74) is 2.42. The largest absolute Gasteiger partial charge is 0.472 e. The molecular formula is C24H21ClN3O2PS. The zero-order valence-electron chi connectivity index (χ0n) is 17.0. The minimum absolute atomic E-state index is 0.172. The summed E-state index contributed by atoms with van der Waals surface area (Å²) in [6.45, 7) is 0.380. The Labute approximate surface area is 198 Å². The Balaban J connectivity index is 1.59. The average molecular weight is 482 g/mol. The monoisotopic (exact) mass is 481 g/mol. The predicted octanol–water partition coefficient (Wildman–Crippen LogP) is 5.11. The van der Waals surface area contributed by atoms with Gasteiger partial charge in [0.05, 0.1) is 6.42 Å². The summed E-state index contributed by atoms with van der Waals surface area (Å²) in [5, 5.41) is 12.2. The van der Waals surface area contributed by atoms with Gasteiger partial charge in [-0.05, 0) is 52.6 Å². The molecule has 3 N–H and O–H groups in total. The van der Waals surface area contributed by atoms with E-state index in [1.54, 1.807) is 12.3 Å². The fourth-order valence-electron chi connectivity index (χ4n) is 3.29. The molecule has 1 heterocycles. The van der Waals surface area contributed by atoms with Gasteiger partial charge in [-0.1, -0.05) is 54.1 Å². The maximum atomic E-state index is 12.6. The van der Waals surface area contributed by atoms with Gasteiger partial charge in [-0.25, -0.2) is 4.98 Å². The molecule has 4 aromatic rings. The molecule has 0 aliphatic heterocycles. The van der Waals surface area contributed by atoms with Gasteiger partial charge >= 0.3 is 0 Å². The number of carbonyl (C=O) groups excluding carboxylic acids is 1. The van der Waals surface area contributed by atoms with E-state index in [4.69, 9.17) is 21.5 Å². The normalized spacial score (nSPS) is 10.8. The number of fused-ring (bicyclic) bond motifs is 1. The molecule has 4 rings (SSSR count). The van der Waals surface area contributed by atoms with Crippen molar-refractivity contribution in [3.8, 4) is 5.88 Å². The molecule has 0 fully saturated rings. The van der Waals surface area contributed by atoms with Crippen LogP contribution in [0.1, 0.15) is 11.1 Å². The van der Waals surface area contributed by atoms with Gasteiger partial charge in [0, 0.05) is 32.6 Å². The summed E-state index contributed by atoms with van der Waals surface area (Å²) in [6.07, 6.45) is 1.86. The topological polar surface area (TPSA) is 77.2 Å². The molecule has 0 bridgehead atoms. The van der Waals surface area contributed by atoms with Crippen LogP contribution in [0.5, 0.6) is 5.88 Å². The van der Waals surface area contributed by atoms with Crippen molar-refractivity contribution in [2.24, 2.45) is 5.14 Å². The van der Waals surface area contributed by atoms with E-state index >= 15 is 0 Å². The molecule has 5 nitrogen and oxygen atoms in total. The van der Waals surface area contributed by atoms with Crippen molar-refractivity contribution in [2.75, 3.05) is 5.32 Å². The van der Waals surface area contributed by atoms with Crippen LogP contribution in [0.25, 0.3) is 10.8 Å². The first-order valence-corrected chi connectivity index (χ1v) is 11.7. The Kier molecular flexibility index (Phi) is 7.28. The molecule has 8 heteroatoms. The van der Waals surface area contributed by atoms with Crippen molar-refractivity contribution in [2.45, 2.75) is 17.9 Å². The third-order valence-electron chi connectivity index (χ3n) is 4.88. The van der Waals surface area contributed by atoms with Gasteiger partial charge in [-0.2, -0.15) is 0 Å². The molecule has 0 aliphatic carbocycles. The third-order valence-corrected chi connectivity index (χ3v) is 6.23. The molecule has 0 spiro atoms. The van der Waals surface area contributed by atoms with Gasteiger partial charge in [-0.3, -0.25) is 9.93 Å². The van der Waals surface area contributed by atoms with Crippen LogP contribution >= 0.6 is 32.8 Å². The zero-order valence-corrected chi connectivity index (χ0v) is 19.8. The minimum atomic E-state index is -0.172. The molecule has 0 saturated heterocycles. The lowest BCUT2D eigenvalue weighted by atomic mass is 10.1. The number of aromatic nitrogens is 1. The maximum absolute atomic E-state index is 12.6. The highest BCUT2D eigenvalue weighted by Crippen LogP contribution is 2.34. The van der Waals surface area contributed by atoms with Crippen molar-refractivity contribution in [1.82, 2.24) is 4.98 Å². The fourth-order valence-corrected chi connectivity index (χ4v) is 4.19. The summed E-state index contributed by atoms with van der Waals surface area (Å²) in [4.78, 5) is 17.9. The maximum Gasteiger partial charge on any atom is 0.228 e. The number of anilines is 1. The van der Waals surface area contributed by atoms with E-state index in [0.29, 0.717) is 23.2 Å². The Hall–Kier alpha value is -2.63. The lowest BCUT2D eigenvalue weighted by Gasteiger charge is -2.13. The number of amides is 1. The number of pyridine rings is 1. The van der Waals surface area contributed by atoms with E-state index < -0.39 is 0 Å². The second kappa shape index (κ2) is 10.3. The summed E-state index contributed by atoms with van der Waals surface area (Å²) in [5.74, 6) is 0.309. The number of rotatable bonds is 7. The number of hydrogen-bond acceptors (Lipinski definition) is 5. The van der Waals surface area contributed by atoms with E-state index in [-0.39, 0.29) is 12.3 Å². The van der Waals surface area contributed by atoms with E-state index in [2.05, 4.69) is 19.5 Å². The molecule has 0 radical (unpaired) electrons. The summed E-state index contributed by atoms with van der Waals surface area (Å²) in [6, 6.07) is 20.9. The number of nitrogens with zero attached hydrogens (tertiary/aromatic N) is 1. The highest BCUT2D eigenvalue weighted by molar-refractivity contribution is 7.97. The van der Waals surface area contributed by atoms with Crippen molar-refractivity contribution < 1.29 is 9.53 Å². The van der Waals surface area contributed by atoms with E-state index in [9.17, 15) is 4.79 Å². The van der Waals surface area contributed by atoms with Crippen LogP contribution in [-0.4, -0.2) is 10.9 Å². The highest BCUT2D eigenvalue weighted by Gasteiger charge is 2.13. The predicted molar refractivity (Wildman–Crippen MR) is 136 cm³/mol. The van der Waals surface area contributed by atoms with Crippen molar-refractivity contribution in [3.63, 3.8) is 0 Å². The number of nitrogens with two attached hydrogens (primary N) is 1. The fraction of sp³-hybridized carbons (Fsp3) is 0.0833. The van der Waals surface area contributed by atoms with Crippen molar-refractivity contribution in [1.29, 1.82) is 0 Å². The highest BCUT2D eigenvalue weighted by atomic mass is 35.5. The second-order valence-corrected chi connectivity index (χ2v) is 8.90. The van der Waals surface area contributed by atoms with Crippen LogP contribution in [0.4, 0.5) is 5.69 Å². The second-order valence-electron chi connectivity index (χ2n) is 7.15. The standard InChI is InChI=1S/C24H21ClN3O2PS/c25-21-4-2-1-3-16(21)11-23(29)28-17-12-20-19(22(13-17)32-26)9-10-27-24(20)30-14-15-5-7-18(31)8-6-15/h1-10,12-13H,11,14,26,31H2,(H,28,29). The molecule has 0 aliphatic rings. The number of halogens is 1. The SMILES string of the molecule is NSc1cc(NC(=O)Cc2ccccc2Cl)cc2c(OCc3ccc(P)cc3)nccc12. The summed E-state index contributed by atoms with van der Waals surface area (Å²) in [7, 11) is 2.66. The molecule has 0 saturated carbocycles. The smallest absolute Gasteiger partial charge is 0.228 e. The van der Waals surface area contributed by atoms with Gasteiger partial charge in [0.2, 0.25) is 11.8 Å². The molecule has 162 valence electrons. The number of ether oxygens (including phenoxy) is 1. The van der Waals surface area contributed by atoms with Gasteiger partial charge in [0.15, 0.2) is 0 Å². The Morgan fingerprint density at radius 2 is 1.88 bits per heavy atom. The van der Waals surface area contributed by atoms with E-state index in [0.717, 1.165) is 44.0 Å². The first kappa shape index (κ1) is 22.6. The van der Waals surface area contributed by atoms with E-state index in [1.807, 2.05) is 60.7 Å². The molecular weight excluding hydrogens is 461 g/mol. The summed E-state index contributed by atoms with van der Waals surface area (Å²) >= 11 is 7.30. The molecule has 3 aromatic carbocycles. The van der Waals surface area contributed by atoms with Crippen LogP contribution in [0.3, 0.4) is 0 Å². The van der Waals surface area contributed by atoms with Gasteiger partial charge < -0.3 is 10.1 Å². The lowest BCUT2D eigenvalue weighted by Crippen LogP contribution is -2.14. The quantitative estimate of drug-likeness (QED) is 0.283. The van der Waals surface area contributed by atoms with Gasteiger partial charge in [0.25, 0.3) is 0 Å². The molecule has 1 aromatic heterocycles. The van der Waals surface area contributed by atoms with Crippen LogP contribution in [0.2, 0.25) is 5.02 Å². The molecule has 32 heavy (non-hydrogen) atoms. The number of benzene rings is 3. The van der Waals surface area contributed by atoms with Gasteiger partial charge in [0.1, 0.15) is 6.61 Å². The Morgan fingerprint density at radius 1 is 1.09 bits per heavy atom. The number of hydrogen-bond donors (Lipinski definition) is 2. The van der Waals surface area contributed by atoms with Crippen LogP contribution in [0.15, 0.2) is 77.8 Å². The first-order valence-electron chi connectivity index (χ1n) is 9.83. The molecule has 1 atom stereocenters. The minimum Gasteiger partial charge on any atom is -0.472 e. The average Bonchev–Trinajstić information content (AvgIpc) is 2.79. The van der Waals surface area contributed by atoms with Crippen LogP contribution < -0.4 is 20.5 Å². The van der Waals surface area contributed by atoms with Crippen LogP contribution in [0, 0.1) is 0 Å². The van der Waals surface area contributed by atoms with Gasteiger partial charge in [-0.15, -0.1) is 9.24 Å². The summed E-state index contributed by atoms with van der Waals surface area (Å²) < 4.78 is 6.02. The first-order chi connectivity index (χ1) is 15.5. The zero-order chi connectivity index (χ0) is 22.5. The third kappa shape index (κ3) is 5.40. The number of carbonyl (C=O) groups is 1. The van der Waals surface area contributed by atoms with Crippen LogP contribution in [-0.2, 0) is 17.8 Å². The Morgan fingerprint density at radius 3 is 2.62 bits per heavy atom. The molecule has 1 amide bonds. The number of nitrogens with one attached hydrogen (secondary N) is 1. The van der Waals surface area contributed by atoms with Crippen molar-refractivity contribution in [3.05, 3.63) is 89.1 Å². The molecule has 1 unspecified atom stereocenters. The van der Waals surface area contributed by atoms with Crippen molar-refractivity contribution >= 4 is 60.5 Å².